The van der Waals surface area contributed by atoms with E-state index in [1.807, 2.05) is 60.0 Å². The second kappa shape index (κ2) is 11.2. The lowest BCUT2D eigenvalue weighted by molar-refractivity contribution is -0.120. The Morgan fingerprint density at radius 2 is 1.49 bits per heavy atom. The lowest BCUT2D eigenvalue weighted by Crippen LogP contribution is -2.27. The molecule has 0 aliphatic heterocycles. The molecule has 35 heavy (non-hydrogen) atoms. The number of benzene rings is 3. The monoisotopic (exact) mass is 495 g/mol. The van der Waals surface area contributed by atoms with E-state index in [1.54, 1.807) is 23.1 Å². The van der Waals surface area contributed by atoms with Gasteiger partial charge in [-0.1, -0.05) is 96.7 Å². The summed E-state index contributed by atoms with van der Waals surface area (Å²) in [6, 6.07) is 35.0. The molecule has 0 aliphatic rings. The zero-order valence-electron chi connectivity index (χ0n) is 19.1. The number of carbonyl (C=O) groups excluding carboxylic acids is 1. The Morgan fingerprint density at radius 3 is 2.14 bits per heavy atom. The van der Waals surface area contributed by atoms with Gasteiger partial charge in [-0.15, -0.1) is 11.3 Å². The van der Waals surface area contributed by atoms with Gasteiger partial charge in [-0.2, -0.15) is 0 Å². The van der Waals surface area contributed by atoms with E-state index in [1.165, 1.54) is 0 Å². The van der Waals surface area contributed by atoms with Crippen molar-refractivity contribution in [3.63, 3.8) is 0 Å². The van der Waals surface area contributed by atoms with Gasteiger partial charge in [0.2, 0.25) is 5.91 Å². The fourth-order valence-corrected chi connectivity index (χ4v) is 5.51. The fourth-order valence-electron chi connectivity index (χ4n) is 3.94. The largest absolute Gasteiger partial charge is 0.355 e. The van der Waals surface area contributed by atoms with Gasteiger partial charge < -0.3 is 5.32 Å². The molecule has 0 fully saturated rings. The van der Waals surface area contributed by atoms with Gasteiger partial charge >= 0.3 is 0 Å². The number of aromatic nitrogens is 2. The Labute approximate surface area is 213 Å². The van der Waals surface area contributed by atoms with Crippen LogP contribution in [0.4, 0.5) is 0 Å². The summed E-state index contributed by atoms with van der Waals surface area (Å²) in [6.45, 7) is 0.581. The van der Waals surface area contributed by atoms with E-state index in [0.717, 1.165) is 44.0 Å². The van der Waals surface area contributed by atoms with Gasteiger partial charge in [0.1, 0.15) is 0 Å². The zero-order valence-corrected chi connectivity index (χ0v) is 20.8. The SMILES string of the molecule is O=C(Cc1cccs1)NCCSc1nc(-c2ccccc2)c(-c2ccccc2)n1-c1ccccc1. The normalized spacial score (nSPS) is 10.9. The molecule has 0 unspecified atom stereocenters. The number of hydrogen-bond donors (Lipinski definition) is 1. The lowest BCUT2D eigenvalue weighted by Gasteiger charge is -2.13. The topological polar surface area (TPSA) is 46.9 Å². The molecule has 1 amide bonds. The van der Waals surface area contributed by atoms with Gasteiger partial charge in [0.15, 0.2) is 5.16 Å². The van der Waals surface area contributed by atoms with Crippen molar-refractivity contribution in [1.82, 2.24) is 14.9 Å². The first kappa shape index (κ1) is 23.1. The Morgan fingerprint density at radius 1 is 0.829 bits per heavy atom. The smallest absolute Gasteiger partial charge is 0.225 e. The van der Waals surface area contributed by atoms with Gasteiger partial charge in [0.25, 0.3) is 0 Å². The molecule has 1 N–H and O–H groups in total. The summed E-state index contributed by atoms with van der Waals surface area (Å²) < 4.78 is 2.23. The first-order valence-corrected chi connectivity index (χ1v) is 13.4. The Balaban J connectivity index is 1.46. The maximum Gasteiger partial charge on any atom is 0.225 e. The minimum atomic E-state index is 0.0504. The second-order valence-corrected chi connectivity index (χ2v) is 10.0. The zero-order chi connectivity index (χ0) is 23.9. The summed E-state index contributed by atoms with van der Waals surface area (Å²) in [5, 5.41) is 5.95. The molecule has 0 saturated carbocycles. The average Bonchev–Trinajstić information content (AvgIpc) is 3.56. The summed E-state index contributed by atoms with van der Waals surface area (Å²) in [7, 11) is 0. The van der Waals surface area contributed by atoms with Crippen LogP contribution in [0.2, 0.25) is 0 Å². The van der Waals surface area contributed by atoms with E-state index in [9.17, 15) is 4.79 Å². The molecule has 2 heterocycles. The number of rotatable bonds is 9. The third kappa shape index (κ3) is 5.56. The molecular weight excluding hydrogens is 470 g/mol. The second-order valence-electron chi connectivity index (χ2n) is 7.95. The molecule has 174 valence electrons. The van der Waals surface area contributed by atoms with E-state index in [0.29, 0.717) is 13.0 Å². The van der Waals surface area contributed by atoms with Crippen LogP contribution in [0.15, 0.2) is 114 Å². The summed E-state index contributed by atoms with van der Waals surface area (Å²) in [5.41, 5.74) is 5.26. The summed E-state index contributed by atoms with van der Waals surface area (Å²) in [6.07, 6.45) is 0.428. The van der Waals surface area contributed by atoms with Crippen molar-refractivity contribution in [1.29, 1.82) is 0 Å². The van der Waals surface area contributed by atoms with Gasteiger partial charge in [-0.05, 0) is 23.6 Å². The Hall–Kier alpha value is -3.61. The third-order valence-corrected chi connectivity index (χ3v) is 7.34. The molecule has 5 rings (SSSR count). The van der Waals surface area contributed by atoms with Crippen LogP contribution < -0.4 is 5.32 Å². The molecule has 0 saturated heterocycles. The number of thiophene rings is 1. The molecule has 0 spiro atoms. The van der Waals surface area contributed by atoms with Gasteiger partial charge in [0.05, 0.1) is 17.8 Å². The van der Waals surface area contributed by atoms with Crippen molar-refractivity contribution < 1.29 is 4.79 Å². The summed E-state index contributed by atoms with van der Waals surface area (Å²) in [4.78, 5) is 18.5. The Bertz CT molecular complexity index is 1370. The first-order valence-electron chi connectivity index (χ1n) is 11.5. The van der Waals surface area contributed by atoms with E-state index in [2.05, 4.69) is 58.4 Å². The minimum Gasteiger partial charge on any atom is -0.355 e. The van der Waals surface area contributed by atoms with Crippen LogP contribution in [0.5, 0.6) is 0 Å². The number of thioether (sulfide) groups is 1. The van der Waals surface area contributed by atoms with Gasteiger partial charge in [0, 0.05) is 34.0 Å². The number of imidazole rings is 1. The van der Waals surface area contributed by atoms with Crippen LogP contribution in [0.25, 0.3) is 28.2 Å². The van der Waals surface area contributed by atoms with Crippen LogP contribution in [0, 0.1) is 0 Å². The Kier molecular flexibility index (Phi) is 7.41. The van der Waals surface area contributed by atoms with Crippen LogP contribution in [0.3, 0.4) is 0 Å². The maximum absolute atomic E-state index is 12.3. The third-order valence-electron chi connectivity index (χ3n) is 5.53. The first-order chi connectivity index (χ1) is 17.3. The quantitative estimate of drug-likeness (QED) is 0.182. The molecule has 0 atom stereocenters. The van der Waals surface area contributed by atoms with Crippen molar-refractivity contribution in [3.05, 3.63) is 113 Å². The predicted octanol–water partition coefficient (Wildman–Crippen LogP) is 6.72. The highest BCUT2D eigenvalue weighted by molar-refractivity contribution is 7.99. The highest BCUT2D eigenvalue weighted by Gasteiger charge is 2.21. The number of hydrogen-bond acceptors (Lipinski definition) is 4. The molecule has 5 aromatic rings. The van der Waals surface area contributed by atoms with Crippen LogP contribution >= 0.6 is 23.1 Å². The van der Waals surface area contributed by atoms with Crippen molar-refractivity contribution in [2.75, 3.05) is 12.3 Å². The number of para-hydroxylation sites is 1. The minimum absolute atomic E-state index is 0.0504. The number of amides is 1. The lowest BCUT2D eigenvalue weighted by atomic mass is 10.0. The number of carbonyl (C=O) groups is 1. The average molecular weight is 496 g/mol. The molecule has 2 aromatic heterocycles. The highest BCUT2D eigenvalue weighted by Crippen LogP contribution is 2.38. The van der Waals surface area contributed by atoms with Crippen LogP contribution in [-0.2, 0) is 11.2 Å². The standard InChI is InChI=1S/C29H25N3OS2/c33-26(21-25-17-10-19-34-25)30-18-20-35-29-31-27(22-11-4-1-5-12-22)28(23-13-6-2-7-14-23)32(29)24-15-8-3-9-16-24/h1-17,19H,18,20-21H2,(H,30,33). The van der Waals surface area contributed by atoms with E-state index in [-0.39, 0.29) is 5.91 Å². The van der Waals surface area contributed by atoms with Gasteiger partial charge in [-0.3, -0.25) is 9.36 Å². The maximum atomic E-state index is 12.3. The number of nitrogens with one attached hydrogen (secondary N) is 1. The van der Waals surface area contributed by atoms with Crippen molar-refractivity contribution in [3.8, 4) is 28.2 Å². The summed E-state index contributed by atoms with van der Waals surface area (Å²) in [5.74, 6) is 0.775. The van der Waals surface area contributed by atoms with E-state index >= 15 is 0 Å². The number of nitrogens with zero attached hydrogens (tertiary/aromatic N) is 2. The molecule has 4 nitrogen and oxygen atoms in total. The molecular formula is C29H25N3OS2. The molecule has 0 aliphatic carbocycles. The molecule has 6 heteroatoms. The van der Waals surface area contributed by atoms with Crippen LogP contribution in [-0.4, -0.2) is 27.8 Å². The van der Waals surface area contributed by atoms with Gasteiger partial charge in [-0.25, -0.2) is 4.98 Å². The molecule has 0 bridgehead atoms. The van der Waals surface area contributed by atoms with E-state index < -0.39 is 0 Å². The van der Waals surface area contributed by atoms with Crippen molar-refractivity contribution in [2.24, 2.45) is 0 Å². The summed E-state index contributed by atoms with van der Waals surface area (Å²) >= 11 is 3.26. The molecule has 0 radical (unpaired) electrons. The van der Waals surface area contributed by atoms with Crippen molar-refractivity contribution >= 4 is 29.0 Å². The highest BCUT2D eigenvalue weighted by atomic mass is 32.2. The van der Waals surface area contributed by atoms with E-state index in [4.69, 9.17) is 4.98 Å². The molecule has 3 aromatic carbocycles. The van der Waals surface area contributed by atoms with Crippen molar-refractivity contribution in [2.45, 2.75) is 11.6 Å². The fraction of sp³-hybridized carbons (Fsp3) is 0.103. The van der Waals surface area contributed by atoms with Crippen LogP contribution in [0.1, 0.15) is 4.88 Å². The predicted molar refractivity (Wildman–Crippen MR) is 146 cm³/mol.